The van der Waals surface area contributed by atoms with Gasteiger partial charge in [-0.05, 0) is 42.3 Å². The SMILES string of the molecule is COc1cc(C(=O)NCCC(=O)c2ccc3c(c2)CCN3C=O)cc(OC)c1OC. The molecule has 2 amide bonds. The molecule has 0 unspecified atom stereocenters. The fraction of sp³-hybridized carbons (Fsp3) is 0.318. The first-order valence-electron chi connectivity index (χ1n) is 9.48. The minimum Gasteiger partial charge on any atom is -0.493 e. The van der Waals surface area contributed by atoms with Gasteiger partial charge in [-0.2, -0.15) is 0 Å². The van der Waals surface area contributed by atoms with Crippen LogP contribution in [0.4, 0.5) is 5.69 Å². The number of methoxy groups -OCH3 is 3. The third kappa shape index (κ3) is 4.22. The Bertz CT molecular complexity index is 947. The van der Waals surface area contributed by atoms with E-state index in [4.69, 9.17) is 14.2 Å². The van der Waals surface area contributed by atoms with Gasteiger partial charge in [-0.1, -0.05) is 0 Å². The van der Waals surface area contributed by atoms with E-state index in [9.17, 15) is 14.4 Å². The Hall–Kier alpha value is -3.55. The Morgan fingerprint density at radius 2 is 1.73 bits per heavy atom. The van der Waals surface area contributed by atoms with Gasteiger partial charge in [-0.15, -0.1) is 0 Å². The van der Waals surface area contributed by atoms with Crippen molar-refractivity contribution in [3.05, 3.63) is 47.0 Å². The van der Waals surface area contributed by atoms with Crippen molar-refractivity contribution in [2.75, 3.05) is 39.3 Å². The number of ketones is 1. The molecule has 0 fully saturated rings. The Labute approximate surface area is 174 Å². The maximum Gasteiger partial charge on any atom is 0.251 e. The van der Waals surface area contributed by atoms with Gasteiger partial charge in [-0.25, -0.2) is 0 Å². The average Bonchev–Trinajstić information content (AvgIpc) is 3.20. The summed E-state index contributed by atoms with van der Waals surface area (Å²) in [6.45, 7) is 0.813. The maximum absolute atomic E-state index is 12.5. The number of carbonyl (C=O) groups excluding carboxylic acids is 3. The second-order valence-electron chi connectivity index (χ2n) is 6.74. The van der Waals surface area contributed by atoms with Crippen LogP contribution in [0.25, 0.3) is 0 Å². The number of fused-ring (bicyclic) bond motifs is 1. The lowest BCUT2D eigenvalue weighted by Crippen LogP contribution is -2.26. The van der Waals surface area contributed by atoms with Gasteiger partial charge in [0.25, 0.3) is 5.91 Å². The molecule has 0 saturated heterocycles. The molecule has 158 valence electrons. The molecule has 8 nitrogen and oxygen atoms in total. The first-order chi connectivity index (χ1) is 14.5. The van der Waals surface area contributed by atoms with Gasteiger partial charge in [0.05, 0.1) is 21.3 Å². The zero-order valence-electron chi connectivity index (χ0n) is 17.2. The fourth-order valence-corrected chi connectivity index (χ4v) is 3.46. The summed E-state index contributed by atoms with van der Waals surface area (Å²) in [5, 5.41) is 2.74. The largest absolute Gasteiger partial charge is 0.493 e. The molecule has 0 aliphatic carbocycles. The number of benzene rings is 2. The lowest BCUT2D eigenvalue weighted by molar-refractivity contribution is -0.107. The zero-order chi connectivity index (χ0) is 21.7. The van der Waals surface area contributed by atoms with Crippen molar-refractivity contribution in [2.45, 2.75) is 12.8 Å². The van der Waals surface area contributed by atoms with E-state index >= 15 is 0 Å². The molecule has 1 aliphatic rings. The van der Waals surface area contributed by atoms with E-state index in [1.54, 1.807) is 29.2 Å². The minimum absolute atomic E-state index is 0.0763. The number of nitrogens with zero attached hydrogens (tertiary/aromatic N) is 1. The number of anilines is 1. The monoisotopic (exact) mass is 412 g/mol. The van der Waals surface area contributed by atoms with E-state index in [1.165, 1.54) is 21.3 Å². The highest BCUT2D eigenvalue weighted by atomic mass is 16.5. The van der Waals surface area contributed by atoms with E-state index < -0.39 is 0 Å². The van der Waals surface area contributed by atoms with Crippen LogP contribution < -0.4 is 24.4 Å². The Morgan fingerprint density at radius 1 is 1.03 bits per heavy atom. The van der Waals surface area contributed by atoms with Gasteiger partial charge >= 0.3 is 0 Å². The molecule has 0 bridgehead atoms. The summed E-state index contributed by atoms with van der Waals surface area (Å²) >= 11 is 0. The highest BCUT2D eigenvalue weighted by Gasteiger charge is 2.20. The van der Waals surface area contributed by atoms with Crippen LogP contribution in [0.15, 0.2) is 30.3 Å². The second-order valence-corrected chi connectivity index (χ2v) is 6.74. The summed E-state index contributed by atoms with van der Waals surface area (Å²) < 4.78 is 15.8. The highest BCUT2D eigenvalue weighted by Crippen LogP contribution is 2.38. The number of ether oxygens (including phenoxy) is 3. The van der Waals surface area contributed by atoms with Crippen LogP contribution in [-0.2, 0) is 11.2 Å². The smallest absolute Gasteiger partial charge is 0.251 e. The Balaban J connectivity index is 1.62. The van der Waals surface area contributed by atoms with E-state index in [2.05, 4.69) is 5.32 Å². The van der Waals surface area contributed by atoms with Crippen molar-refractivity contribution in [1.82, 2.24) is 5.32 Å². The molecular formula is C22H24N2O6. The highest BCUT2D eigenvalue weighted by molar-refractivity contribution is 5.99. The molecule has 1 aliphatic heterocycles. The van der Waals surface area contributed by atoms with Gasteiger partial charge in [0.15, 0.2) is 17.3 Å². The molecule has 0 radical (unpaired) electrons. The number of carbonyl (C=O) groups is 3. The molecule has 2 aromatic carbocycles. The maximum atomic E-state index is 12.5. The lowest BCUT2D eigenvalue weighted by atomic mass is 10.0. The Kier molecular flexibility index (Phi) is 6.56. The molecular weight excluding hydrogens is 388 g/mol. The van der Waals surface area contributed by atoms with Crippen LogP contribution in [0.1, 0.15) is 32.7 Å². The van der Waals surface area contributed by atoms with E-state index in [-0.39, 0.29) is 24.7 Å². The molecule has 1 N–H and O–H groups in total. The number of amides is 2. The standard InChI is InChI=1S/C22H24N2O6/c1-28-19-11-16(12-20(29-2)21(19)30-3)22(27)23-8-6-18(26)15-4-5-17-14(10-15)7-9-24(17)13-25/h4-5,10-13H,6-9H2,1-3H3,(H,23,27). The quantitative estimate of drug-likeness (QED) is 0.501. The summed E-state index contributed by atoms with van der Waals surface area (Å²) in [5.74, 6) is 0.725. The third-order valence-corrected chi connectivity index (χ3v) is 5.02. The molecule has 1 heterocycles. The number of hydrogen-bond donors (Lipinski definition) is 1. The van der Waals surface area contributed by atoms with Crippen molar-refractivity contribution >= 4 is 23.8 Å². The van der Waals surface area contributed by atoms with Crippen LogP contribution in [0, 0.1) is 0 Å². The van der Waals surface area contributed by atoms with Crippen LogP contribution in [0.2, 0.25) is 0 Å². The van der Waals surface area contributed by atoms with Gasteiger partial charge in [0.2, 0.25) is 12.2 Å². The van der Waals surface area contributed by atoms with E-state index in [0.717, 1.165) is 24.1 Å². The molecule has 2 aromatic rings. The molecule has 3 rings (SSSR count). The fourth-order valence-electron chi connectivity index (χ4n) is 3.46. The number of hydrogen-bond acceptors (Lipinski definition) is 6. The van der Waals surface area contributed by atoms with Crippen LogP contribution >= 0.6 is 0 Å². The first-order valence-corrected chi connectivity index (χ1v) is 9.48. The normalized spacial score (nSPS) is 12.2. The van der Waals surface area contributed by atoms with Gasteiger partial charge < -0.3 is 24.4 Å². The summed E-state index contributed by atoms with van der Waals surface area (Å²) in [6, 6.07) is 8.43. The van der Waals surface area contributed by atoms with Gasteiger partial charge in [0, 0.05) is 36.3 Å². The molecule has 30 heavy (non-hydrogen) atoms. The summed E-state index contributed by atoms with van der Waals surface area (Å²) in [7, 11) is 4.44. The summed E-state index contributed by atoms with van der Waals surface area (Å²) in [4.78, 5) is 37.7. The van der Waals surface area contributed by atoms with Gasteiger partial charge in [-0.3, -0.25) is 14.4 Å². The van der Waals surface area contributed by atoms with Crippen molar-refractivity contribution in [3.8, 4) is 17.2 Å². The Morgan fingerprint density at radius 3 is 2.33 bits per heavy atom. The van der Waals surface area contributed by atoms with Crippen LogP contribution in [0.5, 0.6) is 17.2 Å². The van der Waals surface area contributed by atoms with E-state index in [0.29, 0.717) is 34.9 Å². The number of rotatable bonds is 9. The third-order valence-electron chi connectivity index (χ3n) is 5.02. The van der Waals surface area contributed by atoms with E-state index in [1.807, 2.05) is 6.07 Å². The topological polar surface area (TPSA) is 94.2 Å². The minimum atomic E-state index is -0.349. The predicted molar refractivity (Wildman–Crippen MR) is 111 cm³/mol. The van der Waals surface area contributed by atoms with Crippen LogP contribution in [0.3, 0.4) is 0 Å². The molecule has 8 heteroatoms. The number of nitrogens with one attached hydrogen (secondary N) is 1. The number of Topliss-reactive ketones (excluding diaryl/α,β-unsaturated/α-hetero) is 1. The molecule has 0 saturated carbocycles. The van der Waals surface area contributed by atoms with Gasteiger partial charge in [0.1, 0.15) is 0 Å². The molecule has 0 atom stereocenters. The van der Waals surface area contributed by atoms with Crippen molar-refractivity contribution < 1.29 is 28.6 Å². The predicted octanol–water partition coefficient (Wildman–Crippen LogP) is 2.23. The summed E-state index contributed by atoms with van der Waals surface area (Å²) in [6.07, 6.45) is 1.69. The lowest BCUT2D eigenvalue weighted by Gasteiger charge is -2.14. The van der Waals surface area contributed by atoms with Crippen molar-refractivity contribution in [1.29, 1.82) is 0 Å². The van der Waals surface area contributed by atoms with Crippen molar-refractivity contribution in [2.24, 2.45) is 0 Å². The summed E-state index contributed by atoms with van der Waals surface area (Å²) in [5.41, 5.74) is 2.73. The molecule has 0 spiro atoms. The van der Waals surface area contributed by atoms with Crippen molar-refractivity contribution in [3.63, 3.8) is 0 Å². The average molecular weight is 412 g/mol. The second kappa shape index (κ2) is 9.30. The zero-order valence-corrected chi connectivity index (χ0v) is 17.2. The first kappa shape index (κ1) is 21.2. The van der Waals surface area contributed by atoms with Crippen LogP contribution in [-0.4, -0.2) is 52.5 Å². The molecule has 0 aromatic heterocycles.